The maximum Gasteiger partial charge on any atom is 0.251 e. The molecule has 2 heterocycles. The molecule has 52 heavy (non-hydrogen) atoms. The van der Waals surface area contributed by atoms with Gasteiger partial charge in [0.25, 0.3) is 5.91 Å². The first-order valence-electron chi connectivity index (χ1n) is 18.6. The molecule has 1 aromatic heterocycles. The molecule has 12 nitrogen and oxygen atoms in total. The van der Waals surface area contributed by atoms with Gasteiger partial charge in [-0.25, -0.2) is 0 Å². The van der Waals surface area contributed by atoms with Gasteiger partial charge < -0.3 is 30.3 Å². The van der Waals surface area contributed by atoms with E-state index in [2.05, 4.69) is 36.5 Å². The van der Waals surface area contributed by atoms with Crippen LogP contribution in [0, 0.1) is 36.0 Å². The van der Waals surface area contributed by atoms with Crippen molar-refractivity contribution in [3.05, 3.63) is 65.0 Å². The summed E-state index contributed by atoms with van der Waals surface area (Å²) in [6, 6.07) is 13.0. The number of benzene rings is 2. The summed E-state index contributed by atoms with van der Waals surface area (Å²) >= 11 is 0. The van der Waals surface area contributed by atoms with Crippen LogP contribution in [0.25, 0.3) is 11.1 Å². The highest BCUT2D eigenvalue weighted by Gasteiger charge is 2.57. The van der Waals surface area contributed by atoms with Crippen molar-refractivity contribution in [1.82, 2.24) is 25.5 Å². The van der Waals surface area contributed by atoms with E-state index in [4.69, 9.17) is 9.57 Å². The van der Waals surface area contributed by atoms with Gasteiger partial charge in [0.1, 0.15) is 18.1 Å². The minimum Gasteiger partial charge on any atom is -0.496 e. The molecular formula is C40H58N6O6. The summed E-state index contributed by atoms with van der Waals surface area (Å²) < 4.78 is 7.86. The standard InChI is InChI=1S/C40H58N6O6/c1-22-13-29(43-45(22)8)19-41-38(49)27-14-26(15-30(16-27)44(6)7)31-12-10-11-25(37(31)51-9)20-46-36(35(24(3)48)34(21-47)52-46)39(50)42-33-18-28-17-32(23(33)2)40(28,4)5/h10-16,23-24,28,32-36,39,42,47-48,50H,17-21H2,1-9H3,(H,41,49)/t23-,24-,28+,32-,33?,34-,35-,36-,39?/m0/s1. The van der Waals surface area contributed by atoms with E-state index in [9.17, 15) is 20.1 Å². The molecule has 9 atom stereocenters. The van der Waals surface area contributed by atoms with Gasteiger partial charge in [-0.3, -0.25) is 19.6 Å². The Bertz CT molecular complexity index is 1720. The molecule has 0 spiro atoms. The SMILES string of the molecule is COc1c(CN2O[C@@H](CO)[C@H]([C@H](C)O)[C@H]2C(O)NC2C[C@H]3C[C@@H]([C@@H]2C)C3(C)C)cccc1-c1cc(C(=O)NCc2cc(C)n(C)n2)cc(N(C)C)c1. The van der Waals surface area contributed by atoms with Crippen LogP contribution < -0.4 is 20.3 Å². The van der Waals surface area contributed by atoms with Crippen molar-refractivity contribution >= 4 is 11.6 Å². The number of para-hydroxylation sites is 1. The molecule has 2 unspecified atom stereocenters. The normalized spacial score (nSPS) is 27.9. The van der Waals surface area contributed by atoms with E-state index in [1.54, 1.807) is 23.8 Å². The topological polar surface area (TPSA) is 145 Å². The molecule has 1 saturated heterocycles. The highest BCUT2D eigenvalue weighted by atomic mass is 16.7. The van der Waals surface area contributed by atoms with Crippen molar-refractivity contribution in [2.24, 2.45) is 36.1 Å². The molecule has 1 amide bonds. The molecule has 3 aromatic rings. The molecular weight excluding hydrogens is 660 g/mol. The van der Waals surface area contributed by atoms with E-state index in [1.807, 2.05) is 75.4 Å². The Morgan fingerprint density at radius 1 is 1.17 bits per heavy atom. The fourth-order valence-corrected chi connectivity index (χ4v) is 9.17. The number of rotatable bonds is 13. The molecule has 12 heteroatoms. The number of anilines is 1. The summed E-state index contributed by atoms with van der Waals surface area (Å²) in [6.07, 6.45) is -0.323. The number of nitrogens with one attached hydrogen (secondary N) is 2. The number of hydrogen-bond acceptors (Lipinski definition) is 10. The molecule has 2 aromatic carbocycles. The molecule has 4 aliphatic rings. The quantitative estimate of drug-likeness (QED) is 0.165. The Kier molecular flexibility index (Phi) is 11.1. The average molecular weight is 719 g/mol. The van der Waals surface area contributed by atoms with E-state index < -0.39 is 30.4 Å². The zero-order valence-electron chi connectivity index (χ0n) is 32.1. The number of nitrogens with zero attached hydrogens (tertiary/aromatic N) is 4. The number of carbonyl (C=O) groups excluding carboxylic acids is 1. The zero-order valence-corrected chi connectivity index (χ0v) is 32.1. The highest BCUT2D eigenvalue weighted by Crippen LogP contribution is 2.61. The van der Waals surface area contributed by atoms with Crippen LogP contribution in [0.5, 0.6) is 5.75 Å². The summed E-state index contributed by atoms with van der Waals surface area (Å²) in [6.45, 7) is 10.9. The summed E-state index contributed by atoms with van der Waals surface area (Å²) in [5.74, 6) is 1.44. The summed E-state index contributed by atoms with van der Waals surface area (Å²) in [4.78, 5) is 21.8. The zero-order chi connectivity index (χ0) is 37.6. The first-order valence-corrected chi connectivity index (χ1v) is 18.6. The number of ether oxygens (including phenoxy) is 1. The minimum atomic E-state index is -1.01. The van der Waals surface area contributed by atoms with Gasteiger partial charge in [0, 0.05) is 61.2 Å². The molecule has 3 saturated carbocycles. The van der Waals surface area contributed by atoms with Crippen LogP contribution in [-0.2, 0) is 25.0 Å². The molecule has 5 N–H and O–H groups in total. The maximum absolute atomic E-state index is 13.5. The lowest BCUT2D eigenvalue weighted by Gasteiger charge is -2.62. The van der Waals surface area contributed by atoms with Gasteiger partial charge in [0.15, 0.2) is 0 Å². The van der Waals surface area contributed by atoms with E-state index in [0.29, 0.717) is 41.0 Å². The monoisotopic (exact) mass is 718 g/mol. The fourth-order valence-electron chi connectivity index (χ4n) is 9.17. The second-order valence-electron chi connectivity index (χ2n) is 16.1. The van der Waals surface area contributed by atoms with E-state index in [1.165, 1.54) is 6.42 Å². The largest absolute Gasteiger partial charge is 0.496 e. The number of aliphatic hydroxyl groups excluding tert-OH is 3. The third-order valence-electron chi connectivity index (χ3n) is 12.5. The van der Waals surface area contributed by atoms with Gasteiger partial charge in [0.05, 0.1) is 44.6 Å². The molecule has 4 fully saturated rings. The van der Waals surface area contributed by atoms with Crippen LogP contribution in [0.1, 0.15) is 67.8 Å². The number of fused-ring (bicyclic) bond motifs is 2. The van der Waals surface area contributed by atoms with Gasteiger partial charge >= 0.3 is 0 Å². The molecule has 284 valence electrons. The van der Waals surface area contributed by atoms with Crippen molar-refractivity contribution in [2.45, 2.75) is 91.1 Å². The van der Waals surface area contributed by atoms with Crippen LogP contribution in [0.2, 0.25) is 0 Å². The Hall–Kier alpha value is -3.52. The van der Waals surface area contributed by atoms with Crippen LogP contribution >= 0.6 is 0 Å². The maximum atomic E-state index is 13.5. The number of hydrogen-bond donors (Lipinski definition) is 5. The third kappa shape index (κ3) is 7.21. The van der Waals surface area contributed by atoms with Gasteiger partial charge in [0.2, 0.25) is 0 Å². The number of aliphatic hydroxyl groups is 3. The van der Waals surface area contributed by atoms with Crippen molar-refractivity contribution in [2.75, 3.05) is 32.7 Å². The number of aromatic nitrogens is 2. The molecule has 3 aliphatic carbocycles. The first kappa shape index (κ1) is 38.2. The predicted molar refractivity (Wildman–Crippen MR) is 200 cm³/mol. The molecule has 0 radical (unpaired) electrons. The molecule has 2 bridgehead atoms. The van der Waals surface area contributed by atoms with Gasteiger partial charge in [-0.2, -0.15) is 10.2 Å². The Morgan fingerprint density at radius 3 is 2.52 bits per heavy atom. The van der Waals surface area contributed by atoms with Crippen molar-refractivity contribution in [3.8, 4) is 16.9 Å². The van der Waals surface area contributed by atoms with Crippen molar-refractivity contribution < 1.29 is 29.7 Å². The number of methoxy groups -OCH3 is 1. The van der Waals surface area contributed by atoms with Crippen molar-refractivity contribution in [1.29, 1.82) is 0 Å². The predicted octanol–water partition coefficient (Wildman–Crippen LogP) is 3.85. The molecule has 7 rings (SSSR count). The van der Waals surface area contributed by atoms with Gasteiger partial charge in [-0.05, 0) is 79.7 Å². The smallest absolute Gasteiger partial charge is 0.251 e. The molecule has 1 aliphatic heterocycles. The average Bonchev–Trinajstić information content (AvgIpc) is 3.65. The second-order valence-corrected chi connectivity index (χ2v) is 16.1. The fraction of sp³-hybridized carbons (Fsp3) is 0.600. The Labute approximate surface area is 308 Å². The lowest BCUT2D eigenvalue weighted by molar-refractivity contribution is -0.195. The van der Waals surface area contributed by atoms with Crippen LogP contribution in [0.15, 0.2) is 42.5 Å². The summed E-state index contributed by atoms with van der Waals surface area (Å²) in [5, 5.41) is 45.9. The highest BCUT2D eigenvalue weighted by molar-refractivity contribution is 5.97. The lowest BCUT2D eigenvalue weighted by Crippen LogP contribution is -2.63. The Balaban J connectivity index is 1.27. The van der Waals surface area contributed by atoms with Gasteiger partial charge in [-0.1, -0.05) is 39.0 Å². The van der Waals surface area contributed by atoms with Crippen molar-refractivity contribution in [3.63, 3.8) is 0 Å². The van der Waals surface area contributed by atoms with Crippen LogP contribution in [0.3, 0.4) is 0 Å². The van der Waals surface area contributed by atoms with Gasteiger partial charge in [-0.15, -0.1) is 0 Å². The summed E-state index contributed by atoms with van der Waals surface area (Å²) in [7, 11) is 7.36. The number of aryl methyl sites for hydroxylation is 2. The third-order valence-corrected chi connectivity index (χ3v) is 12.5. The van der Waals surface area contributed by atoms with Crippen LogP contribution in [-0.4, -0.2) is 94.4 Å². The minimum absolute atomic E-state index is 0.137. The van der Waals surface area contributed by atoms with E-state index >= 15 is 0 Å². The van der Waals surface area contributed by atoms with E-state index in [-0.39, 0.29) is 25.1 Å². The first-order chi connectivity index (χ1) is 24.6. The number of amides is 1. The number of hydroxylamine groups is 2. The second kappa shape index (κ2) is 15.1. The van der Waals surface area contributed by atoms with E-state index in [0.717, 1.165) is 40.2 Å². The van der Waals surface area contributed by atoms with Crippen LogP contribution in [0.4, 0.5) is 5.69 Å². The lowest BCUT2D eigenvalue weighted by atomic mass is 9.44. The number of carbonyl (C=O) groups is 1. The summed E-state index contributed by atoms with van der Waals surface area (Å²) in [5.41, 5.74) is 5.84. The Morgan fingerprint density at radius 2 is 1.92 bits per heavy atom.